The standard InChI is InChI=1S/C12H11N3OS/c1-9(11-5-3-7-17-11)14-15-12(16)10-4-2-6-13-8-10/h2-8H,1H3,(H,15,16)/b14-9+. The van der Waals surface area contributed by atoms with Gasteiger partial charge in [-0.2, -0.15) is 5.10 Å². The van der Waals surface area contributed by atoms with Gasteiger partial charge in [0.25, 0.3) is 5.91 Å². The van der Waals surface area contributed by atoms with Crippen molar-refractivity contribution < 1.29 is 4.79 Å². The summed E-state index contributed by atoms with van der Waals surface area (Å²) in [5.41, 5.74) is 3.79. The molecule has 0 aliphatic rings. The van der Waals surface area contributed by atoms with E-state index in [0.29, 0.717) is 5.56 Å². The summed E-state index contributed by atoms with van der Waals surface area (Å²) in [5.74, 6) is -0.256. The molecular formula is C12H11N3OS. The molecule has 4 nitrogen and oxygen atoms in total. The van der Waals surface area contributed by atoms with Crippen LogP contribution in [0.15, 0.2) is 47.1 Å². The summed E-state index contributed by atoms with van der Waals surface area (Å²) < 4.78 is 0. The van der Waals surface area contributed by atoms with Gasteiger partial charge >= 0.3 is 0 Å². The van der Waals surface area contributed by atoms with Crippen LogP contribution >= 0.6 is 11.3 Å². The monoisotopic (exact) mass is 245 g/mol. The zero-order valence-corrected chi connectivity index (χ0v) is 10.1. The third-order valence-electron chi connectivity index (χ3n) is 2.13. The average Bonchev–Trinajstić information content (AvgIpc) is 2.90. The van der Waals surface area contributed by atoms with E-state index in [1.54, 1.807) is 29.7 Å². The molecule has 2 heterocycles. The first-order chi connectivity index (χ1) is 8.27. The van der Waals surface area contributed by atoms with E-state index in [4.69, 9.17) is 0 Å². The van der Waals surface area contributed by atoms with Crippen LogP contribution in [0.4, 0.5) is 0 Å². The number of thiophene rings is 1. The Bertz CT molecular complexity index is 520. The van der Waals surface area contributed by atoms with Crippen LogP contribution in [0.5, 0.6) is 0 Å². The molecule has 0 atom stereocenters. The van der Waals surface area contributed by atoms with Gasteiger partial charge in [0.1, 0.15) is 0 Å². The predicted molar refractivity (Wildman–Crippen MR) is 68.2 cm³/mol. The molecule has 0 saturated heterocycles. The molecule has 2 aromatic heterocycles. The van der Waals surface area contributed by atoms with Crippen molar-refractivity contribution in [1.29, 1.82) is 0 Å². The first-order valence-corrected chi connectivity index (χ1v) is 5.94. The first-order valence-electron chi connectivity index (χ1n) is 5.06. The number of carbonyl (C=O) groups excluding carboxylic acids is 1. The maximum absolute atomic E-state index is 11.7. The molecule has 0 saturated carbocycles. The Kier molecular flexibility index (Phi) is 3.62. The highest BCUT2D eigenvalue weighted by Gasteiger charge is 2.04. The molecule has 17 heavy (non-hydrogen) atoms. The van der Waals surface area contributed by atoms with E-state index in [0.717, 1.165) is 10.6 Å². The molecule has 0 unspecified atom stereocenters. The Morgan fingerprint density at radius 2 is 2.29 bits per heavy atom. The molecule has 0 fully saturated rings. The smallest absolute Gasteiger partial charge is 0.267 e. The minimum atomic E-state index is -0.256. The lowest BCUT2D eigenvalue weighted by molar-refractivity contribution is 0.0954. The van der Waals surface area contributed by atoms with Crippen molar-refractivity contribution in [3.63, 3.8) is 0 Å². The van der Waals surface area contributed by atoms with Gasteiger partial charge in [0, 0.05) is 17.3 Å². The first kappa shape index (κ1) is 11.5. The Labute approximate surface area is 103 Å². The molecule has 0 spiro atoms. The van der Waals surface area contributed by atoms with E-state index < -0.39 is 0 Å². The molecule has 1 amide bonds. The van der Waals surface area contributed by atoms with Crippen LogP contribution in [0.2, 0.25) is 0 Å². The molecule has 0 aromatic carbocycles. The quantitative estimate of drug-likeness (QED) is 0.666. The van der Waals surface area contributed by atoms with E-state index >= 15 is 0 Å². The van der Waals surface area contributed by atoms with Gasteiger partial charge in [0.2, 0.25) is 0 Å². The van der Waals surface area contributed by atoms with Crippen LogP contribution in [0.3, 0.4) is 0 Å². The number of amides is 1. The summed E-state index contributed by atoms with van der Waals surface area (Å²) >= 11 is 1.58. The lowest BCUT2D eigenvalue weighted by Gasteiger charge is -2.00. The minimum absolute atomic E-state index is 0.256. The Balaban J connectivity index is 2.04. The number of nitrogens with zero attached hydrogens (tertiary/aromatic N) is 2. The van der Waals surface area contributed by atoms with Gasteiger partial charge in [-0.3, -0.25) is 9.78 Å². The Morgan fingerprint density at radius 1 is 1.41 bits per heavy atom. The van der Waals surface area contributed by atoms with Crippen molar-refractivity contribution >= 4 is 23.0 Å². The molecule has 0 aliphatic heterocycles. The average molecular weight is 245 g/mol. The molecule has 2 aromatic rings. The van der Waals surface area contributed by atoms with Gasteiger partial charge in [-0.25, -0.2) is 5.43 Å². The fourth-order valence-electron chi connectivity index (χ4n) is 1.24. The number of nitrogens with one attached hydrogen (secondary N) is 1. The summed E-state index contributed by atoms with van der Waals surface area (Å²) in [6.45, 7) is 1.86. The van der Waals surface area contributed by atoms with Crippen LogP contribution in [0, 0.1) is 0 Å². The van der Waals surface area contributed by atoms with Gasteiger partial charge in [0.05, 0.1) is 11.3 Å². The number of pyridine rings is 1. The molecule has 0 aliphatic carbocycles. The number of hydrazone groups is 1. The fourth-order valence-corrected chi connectivity index (χ4v) is 1.91. The van der Waals surface area contributed by atoms with Crippen LogP contribution in [-0.2, 0) is 0 Å². The van der Waals surface area contributed by atoms with Gasteiger partial charge in [-0.05, 0) is 30.5 Å². The van der Waals surface area contributed by atoms with Crippen LogP contribution in [0.1, 0.15) is 22.2 Å². The number of hydrogen-bond donors (Lipinski definition) is 1. The van der Waals surface area contributed by atoms with E-state index in [1.165, 1.54) is 6.20 Å². The number of hydrogen-bond acceptors (Lipinski definition) is 4. The minimum Gasteiger partial charge on any atom is -0.267 e. The number of aromatic nitrogens is 1. The van der Waals surface area contributed by atoms with Crippen LogP contribution in [0.25, 0.3) is 0 Å². The van der Waals surface area contributed by atoms with Crippen molar-refractivity contribution in [1.82, 2.24) is 10.4 Å². The van der Waals surface area contributed by atoms with Crippen molar-refractivity contribution in [3.8, 4) is 0 Å². The highest BCUT2D eigenvalue weighted by atomic mass is 32.1. The van der Waals surface area contributed by atoms with Crippen LogP contribution < -0.4 is 5.43 Å². The van der Waals surface area contributed by atoms with Crippen LogP contribution in [-0.4, -0.2) is 16.6 Å². The van der Waals surface area contributed by atoms with E-state index in [2.05, 4.69) is 15.5 Å². The second-order valence-electron chi connectivity index (χ2n) is 3.36. The number of carbonyl (C=O) groups is 1. The van der Waals surface area contributed by atoms with E-state index in [1.807, 2.05) is 24.4 Å². The lowest BCUT2D eigenvalue weighted by Crippen LogP contribution is -2.19. The highest BCUT2D eigenvalue weighted by Crippen LogP contribution is 2.09. The second kappa shape index (κ2) is 5.36. The summed E-state index contributed by atoms with van der Waals surface area (Å²) in [6, 6.07) is 7.31. The molecule has 0 radical (unpaired) electrons. The van der Waals surface area contributed by atoms with Gasteiger partial charge < -0.3 is 0 Å². The summed E-state index contributed by atoms with van der Waals surface area (Å²) in [5, 5.41) is 6.01. The zero-order chi connectivity index (χ0) is 12.1. The topological polar surface area (TPSA) is 54.4 Å². The normalized spacial score (nSPS) is 11.2. The van der Waals surface area contributed by atoms with Gasteiger partial charge in [-0.15, -0.1) is 11.3 Å². The third kappa shape index (κ3) is 2.98. The molecule has 0 bridgehead atoms. The summed E-state index contributed by atoms with van der Waals surface area (Å²) in [6.07, 6.45) is 3.13. The molecule has 5 heteroatoms. The molecule has 2 rings (SSSR count). The maximum Gasteiger partial charge on any atom is 0.272 e. The largest absolute Gasteiger partial charge is 0.272 e. The maximum atomic E-state index is 11.7. The molecular weight excluding hydrogens is 234 g/mol. The second-order valence-corrected chi connectivity index (χ2v) is 4.30. The third-order valence-corrected chi connectivity index (χ3v) is 3.11. The lowest BCUT2D eigenvalue weighted by atomic mass is 10.3. The van der Waals surface area contributed by atoms with Crippen molar-refractivity contribution in [3.05, 3.63) is 52.5 Å². The van der Waals surface area contributed by atoms with Crippen molar-refractivity contribution in [2.24, 2.45) is 5.10 Å². The van der Waals surface area contributed by atoms with Gasteiger partial charge in [-0.1, -0.05) is 6.07 Å². The van der Waals surface area contributed by atoms with Crippen molar-refractivity contribution in [2.75, 3.05) is 0 Å². The van der Waals surface area contributed by atoms with E-state index in [9.17, 15) is 4.79 Å². The molecule has 1 N–H and O–H groups in total. The predicted octanol–water partition coefficient (Wildman–Crippen LogP) is 2.30. The zero-order valence-electron chi connectivity index (χ0n) is 9.25. The Morgan fingerprint density at radius 3 is 2.94 bits per heavy atom. The number of rotatable bonds is 3. The SMILES string of the molecule is C/C(=N\NC(=O)c1cccnc1)c1cccs1. The summed E-state index contributed by atoms with van der Waals surface area (Å²) in [4.78, 5) is 16.6. The molecule has 86 valence electrons. The Hall–Kier alpha value is -2.01. The summed E-state index contributed by atoms with van der Waals surface area (Å²) in [7, 11) is 0. The fraction of sp³-hybridized carbons (Fsp3) is 0.0833. The highest BCUT2D eigenvalue weighted by molar-refractivity contribution is 7.12. The van der Waals surface area contributed by atoms with Crippen molar-refractivity contribution in [2.45, 2.75) is 6.92 Å². The van der Waals surface area contributed by atoms with Gasteiger partial charge in [0.15, 0.2) is 0 Å². The van der Waals surface area contributed by atoms with E-state index in [-0.39, 0.29) is 5.91 Å².